The van der Waals surface area contributed by atoms with Crippen LogP contribution in [0.2, 0.25) is 0 Å². The Morgan fingerprint density at radius 3 is 1.25 bits per heavy atom. The summed E-state index contributed by atoms with van der Waals surface area (Å²) in [6.45, 7) is 10.8. The largest absolute Gasteiger partial charge is 0.314 e. The van der Waals surface area contributed by atoms with Gasteiger partial charge in [-0.15, -0.1) is 0 Å². The summed E-state index contributed by atoms with van der Waals surface area (Å²) in [5.74, 6) is 2.84. The first-order chi connectivity index (χ1) is 11.9. The molecular formula is C20H30N4. The number of nitrogens with zero attached hydrogens (tertiary/aromatic N) is 2. The highest BCUT2D eigenvalue weighted by atomic mass is 15.2. The summed E-state index contributed by atoms with van der Waals surface area (Å²) in [4.78, 5) is 5.08. The molecule has 130 valence electrons. The summed E-state index contributed by atoms with van der Waals surface area (Å²) >= 11 is 0. The van der Waals surface area contributed by atoms with Gasteiger partial charge in [0.25, 0.3) is 0 Å². The highest BCUT2D eigenvalue weighted by Crippen LogP contribution is 2.24. The van der Waals surface area contributed by atoms with E-state index in [0.717, 1.165) is 65.4 Å². The molecule has 1 aliphatic heterocycles. The van der Waals surface area contributed by atoms with E-state index in [1.54, 1.807) is 0 Å². The first-order valence-electron chi connectivity index (χ1n) is 9.17. The van der Waals surface area contributed by atoms with Gasteiger partial charge in [0.05, 0.1) is 0 Å². The average Bonchev–Trinajstić information content (AvgIpc) is 3.25. The Kier molecular flexibility index (Phi) is 8.34. The van der Waals surface area contributed by atoms with Crippen molar-refractivity contribution in [3.05, 3.63) is 63.2 Å². The minimum atomic E-state index is 1.06. The summed E-state index contributed by atoms with van der Waals surface area (Å²) < 4.78 is 0. The summed E-state index contributed by atoms with van der Waals surface area (Å²) in [6.07, 6.45) is 17.4. The van der Waals surface area contributed by atoms with Crippen molar-refractivity contribution in [1.82, 2.24) is 20.4 Å². The summed E-state index contributed by atoms with van der Waals surface area (Å²) in [7, 11) is 0. The number of nitrogens with one attached hydrogen (secondary N) is 2. The molecule has 0 bridgehead atoms. The van der Waals surface area contributed by atoms with Gasteiger partial charge in [0, 0.05) is 65.4 Å². The lowest BCUT2D eigenvalue weighted by molar-refractivity contribution is 0.253. The molecule has 3 rings (SSSR count). The van der Waals surface area contributed by atoms with Crippen molar-refractivity contribution in [2.45, 2.75) is 0 Å². The van der Waals surface area contributed by atoms with Gasteiger partial charge in [0.15, 0.2) is 0 Å². The summed E-state index contributed by atoms with van der Waals surface area (Å²) in [5, 5.41) is 7.24. The second-order valence-corrected chi connectivity index (χ2v) is 6.64. The van der Waals surface area contributed by atoms with Crippen LogP contribution in [0.1, 0.15) is 0 Å². The zero-order valence-electron chi connectivity index (χ0n) is 14.6. The predicted molar refractivity (Wildman–Crippen MR) is 99.5 cm³/mol. The zero-order chi connectivity index (χ0) is 16.5. The Bertz CT molecular complexity index is 280. The lowest BCUT2D eigenvalue weighted by atomic mass is 10.1. The van der Waals surface area contributed by atoms with Gasteiger partial charge in [-0.05, 0) is 63.2 Å². The molecule has 2 saturated carbocycles. The van der Waals surface area contributed by atoms with Gasteiger partial charge in [-0.1, -0.05) is 0 Å². The van der Waals surface area contributed by atoms with E-state index in [4.69, 9.17) is 0 Å². The SMILES string of the molecule is [CH]1[CH][CH][C](CN2CCNCCN(C[C]3[CH][CH][CH][CH]3)CCNCC2)[CH]1. The van der Waals surface area contributed by atoms with Crippen molar-refractivity contribution >= 4 is 0 Å². The van der Waals surface area contributed by atoms with E-state index in [1.807, 2.05) is 0 Å². The predicted octanol–water partition coefficient (Wildman–Crippen LogP) is 0.594. The average molecular weight is 326 g/mol. The van der Waals surface area contributed by atoms with Crippen LogP contribution in [-0.2, 0) is 0 Å². The lowest BCUT2D eigenvalue weighted by Gasteiger charge is -2.29. The van der Waals surface area contributed by atoms with Crippen LogP contribution < -0.4 is 10.6 Å². The molecule has 1 saturated heterocycles. The van der Waals surface area contributed by atoms with E-state index in [-0.39, 0.29) is 0 Å². The lowest BCUT2D eigenvalue weighted by Crippen LogP contribution is -2.44. The molecule has 0 amide bonds. The maximum absolute atomic E-state index is 3.62. The Morgan fingerprint density at radius 2 is 0.917 bits per heavy atom. The van der Waals surface area contributed by atoms with Gasteiger partial charge in [-0.2, -0.15) is 0 Å². The van der Waals surface area contributed by atoms with Crippen molar-refractivity contribution in [2.75, 3.05) is 65.4 Å². The normalized spacial score (nSPS) is 28.0. The molecule has 3 aliphatic rings. The fourth-order valence-corrected chi connectivity index (χ4v) is 3.29. The first-order valence-corrected chi connectivity index (χ1v) is 9.17. The smallest absolute Gasteiger partial charge is 0.0108 e. The fraction of sp³-hybridized carbons (Fsp3) is 0.500. The van der Waals surface area contributed by atoms with E-state index < -0.39 is 0 Å². The molecule has 4 heteroatoms. The second kappa shape index (κ2) is 10.7. The van der Waals surface area contributed by atoms with Gasteiger partial charge in [0.2, 0.25) is 0 Å². The summed E-state index contributed by atoms with van der Waals surface area (Å²) in [6, 6.07) is 0. The molecular weight excluding hydrogens is 296 g/mol. The molecule has 2 N–H and O–H groups in total. The minimum absolute atomic E-state index is 1.06. The number of hydrogen-bond acceptors (Lipinski definition) is 4. The van der Waals surface area contributed by atoms with Crippen molar-refractivity contribution < 1.29 is 0 Å². The Labute approximate surface area is 149 Å². The molecule has 0 spiro atoms. The molecule has 0 aromatic carbocycles. The molecule has 0 unspecified atom stereocenters. The van der Waals surface area contributed by atoms with E-state index in [1.165, 1.54) is 11.8 Å². The molecule has 10 radical (unpaired) electrons. The quantitative estimate of drug-likeness (QED) is 0.792. The standard InChI is InChI=1S/C20H30N4/c1-2-6-19(5-1)17-23-13-9-21-11-15-24(16-12-22-10-14-23)18-20-7-3-4-8-20/h1-8,21-22H,9-18H2. The number of rotatable bonds is 4. The second-order valence-electron chi connectivity index (χ2n) is 6.64. The molecule has 0 atom stereocenters. The summed E-state index contributed by atoms with van der Waals surface area (Å²) in [5.41, 5.74) is 0. The van der Waals surface area contributed by atoms with E-state index in [0.29, 0.717) is 0 Å². The fourth-order valence-electron chi connectivity index (χ4n) is 3.29. The minimum Gasteiger partial charge on any atom is -0.314 e. The van der Waals surface area contributed by atoms with Crippen molar-refractivity contribution in [3.8, 4) is 0 Å². The first kappa shape index (κ1) is 18.6. The third-order valence-electron chi connectivity index (χ3n) is 4.70. The van der Waals surface area contributed by atoms with E-state index >= 15 is 0 Å². The third-order valence-corrected chi connectivity index (χ3v) is 4.70. The monoisotopic (exact) mass is 326 g/mol. The highest BCUT2D eigenvalue weighted by Gasteiger charge is 2.21. The highest BCUT2D eigenvalue weighted by molar-refractivity contribution is 5.36. The van der Waals surface area contributed by atoms with Crippen LogP contribution in [-0.4, -0.2) is 75.2 Å². The maximum Gasteiger partial charge on any atom is 0.0108 e. The Morgan fingerprint density at radius 1 is 0.583 bits per heavy atom. The van der Waals surface area contributed by atoms with Gasteiger partial charge in [0.1, 0.15) is 0 Å². The molecule has 24 heavy (non-hydrogen) atoms. The van der Waals surface area contributed by atoms with Crippen molar-refractivity contribution in [1.29, 1.82) is 0 Å². The molecule has 3 fully saturated rings. The van der Waals surface area contributed by atoms with Gasteiger partial charge < -0.3 is 20.4 Å². The van der Waals surface area contributed by atoms with Crippen LogP contribution in [0, 0.1) is 63.2 Å². The Balaban J connectivity index is 1.38. The topological polar surface area (TPSA) is 30.5 Å². The van der Waals surface area contributed by atoms with Crippen LogP contribution in [0.3, 0.4) is 0 Å². The van der Waals surface area contributed by atoms with Crippen LogP contribution in [0.4, 0.5) is 0 Å². The van der Waals surface area contributed by atoms with Crippen molar-refractivity contribution in [3.63, 3.8) is 0 Å². The molecule has 4 nitrogen and oxygen atoms in total. The van der Waals surface area contributed by atoms with Gasteiger partial charge in [-0.25, -0.2) is 0 Å². The molecule has 0 aromatic heterocycles. The number of hydrogen-bond donors (Lipinski definition) is 2. The molecule has 0 aromatic rings. The maximum atomic E-state index is 3.62. The molecule has 1 heterocycles. The Hall–Kier alpha value is -0.160. The van der Waals surface area contributed by atoms with Crippen molar-refractivity contribution in [2.24, 2.45) is 0 Å². The van der Waals surface area contributed by atoms with Crippen LogP contribution in [0.15, 0.2) is 0 Å². The van der Waals surface area contributed by atoms with Crippen LogP contribution in [0.5, 0.6) is 0 Å². The third kappa shape index (κ3) is 6.62. The van der Waals surface area contributed by atoms with Crippen LogP contribution >= 0.6 is 0 Å². The van der Waals surface area contributed by atoms with Gasteiger partial charge in [-0.3, -0.25) is 0 Å². The zero-order valence-corrected chi connectivity index (χ0v) is 14.6. The molecule has 2 aliphatic carbocycles. The van der Waals surface area contributed by atoms with E-state index in [9.17, 15) is 0 Å². The van der Waals surface area contributed by atoms with Gasteiger partial charge >= 0.3 is 0 Å². The van der Waals surface area contributed by atoms with E-state index in [2.05, 4.69) is 71.8 Å². The van der Waals surface area contributed by atoms with Crippen LogP contribution in [0.25, 0.3) is 0 Å².